The van der Waals surface area contributed by atoms with E-state index in [4.69, 9.17) is 15.3 Å². The van der Waals surface area contributed by atoms with Crippen LogP contribution in [0.1, 0.15) is 47.8 Å². The van der Waals surface area contributed by atoms with Crippen LogP contribution in [0.25, 0.3) is 0 Å². The smallest absolute Gasteiger partial charge is 0.335 e. The van der Waals surface area contributed by atoms with Crippen LogP contribution < -0.4 is 16.0 Å². The normalized spacial score (nSPS) is 11.0. The molecule has 0 amide bonds. The minimum Gasteiger partial charge on any atom is -0.478 e. The molecule has 0 fully saturated rings. The summed E-state index contributed by atoms with van der Waals surface area (Å²) in [6.45, 7) is 6.65. The van der Waals surface area contributed by atoms with Crippen molar-refractivity contribution in [2.24, 2.45) is 0 Å². The Bertz CT molecular complexity index is 1070. The molecule has 212 valence electrons. The Kier molecular flexibility index (Phi) is 12.3. The highest BCUT2D eigenvalue weighted by molar-refractivity contribution is 5.88. The van der Waals surface area contributed by atoms with Crippen molar-refractivity contribution in [1.29, 1.82) is 0 Å². The summed E-state index contributed by atoms with van der Waals surface area (Å²) in [6, 6.07) is 20.5. The molecule has 0 aromatic heterocycles. The van der Waals surface area contributed by atoms with Gasteiger partial charge in [-0.1, -0.05) is 36.4 Å². The van der Waals surface area contributed by atoms with Crippen LogP contribution in [-0.2, 0) is 19.6 Å². The molecular formula is C30H36N4O6. The van der Waals surface area contributed by atoms with E-state index >= 15 is 0 Å². The Morgan fingerprint density at radius 3 is 0.950 bits per heavy atom. The summed E-state index contributed by atoms with van der Waals surface area (Å²) in [5.41, 5.74) is 3.86. The minimum atomic E-state index is -0.938. The van der Waals surface area contributed by atoms with E-state index < -0.39 is 17.9 Å². The van der Waals surface area contributed by atoms with Crippen molar-refractivity contribution in [2.45, 2.75) is 19.6 Å². The van der Waals surface area contributed by atoms with E-state index in [1.807, 2.05) is 36.4 Å². The van der Waals surface area contributed by atoms with Crippen molar-refractivity contribution in [3.63, 3.8) is 0 Å². The van der Waals surface area contributed by atoms with Gasteiger partial charge in [-0.2, -0.15) is 0 Å². The highest BCUT2D eigenvalue weighted by atomic mass is 16.4. The molecule has 0 saturated heterocycles. The third kappa shape index (κ3) is 10.6. The molecule has 3 aromatic rings. The molecule has 0 aliphatic heterocycles. The van der Waals surface area contributed by atoms with E-state index in [0.29, 0.717) is 19.6 Å². The van der Waals surface area contributed by atoms with Crippen molar-refractivity contribution in [2.75, 3.05) is 39.3 Å². The van der Waals surface area contributed by atoms with Crippen molar-refractivity contribution in [3.8, 4) is 0 Å². The lowest BCUT2D eigenvalue weighted by Crippen LogP contribution is -2.40. The lowest BCUT2D eigenvalue weighted by Gasteiger charge is -2.23. The number of hydrogen-bond donors (Lipinski definition) is 6. The number of rotatable bonds is 18. The third-order valence-corrected chi connectivity index (χ3v) is 6.40. The summed E-state index contributed by atoms with van der Waals surface area (Å²) in [7, 11) is 0. The van der Waals surface area contributed by atoms with Crippen LogP contribution in [0.4, 0.5) is 0 Å². The molecule has 0 unspecified atom stereocenters. The lowest BCUT2D eigenvalue weighted by atomic mass is 10.1. The van der Waals surface area contributed by atoms with Crippen LogP contribution in [-0.4, -0.2) is 77.4 Å². The van der Waals surface area contributed by atoms with Gasteiger partial charge in [0, 0.05) is 58.9 Å². The fraction of sp³-hybridized carbons (Fsp3) is 0.300. The number of carbonyl (C=O) groups is 3. The number of nitrogens with one attached hydrogen (secondary N) is 3. The Labute approximate surface area is 233 Å². The van der Waals surface area contributed by atoms with Gasteiger partial charge in [-0.05, 0) is 53.1 Å². The zero-order valence-electron chi connectivity index (χ0n) is 22.3. The summed E-state index contributed by atoms with van der Waals surface area (Å²) in [4.78, 5) is 35.4. The number of carboxylic acid groups (broad SMARTS) is 3. The van der Waals surface area contributed by atoms with Gasteiger partial charge in [0.25, 0.3) is 0 Å². The van der Waals surface area contributed by atoms with Crippen LogP contribution in [0.5, 0.6) is 0 Å². The van der Waals surface area contributed by atoms with Crippen molar-refractivity contribution >= 4 is 17.9 Å². The molecule has 3 rings (SSSR count). The zero-order valence-corrected chi connectivity index (χ0v) is 22.3. The van der Waals surface area contributed by atoms with Crippen LogP contribution >= 0.6 is 0 Å². The highest BCUT2D eigenvalue weighted by Crippen LogP contribution is 2.06. The number of hydrogen-bond acceptors (Lipinski definition) is 7. The molecule has 0 bridgehead atoms. The molecule has 10 nitrogen and oxygen atoms in total. The van der Waals surface area contributed by atoms with Crippen LogP contribution in [0.2, 0.25) is 0 Å². The predicted molar refractivity (Wildman–Crippen MR) is 152 cm³/mol. The Morgan fingerprint density at radius 1 is 0.475 bits per heavy atom. The second-order valence-corrected chi connectivity index (χ2v) is 9.38. The van der Waals surface area contributed by atoms with Crippen LogP contribution in [0.15, 0.2) is 72.8 Å². The van der Waals surface area contributed by atoms with Crippen LogP contribution in [0.3, 0.4) is 0 Å². The first kappa shape index (κ1) is 30.5. The number of nitrogens with zero attached hydrogens (tertiary/aromatic N) is 1. The van der Waals surface area contributed by atoms with Gasteiger partial charge in [-0.15, -0.1) is 0 Å². The molecule has 0 radical (unpaired) electrons. The molecule has 0 spiro atoms. The van der Waals surface area contributed by atoms with Gasteiger partial charge in [-0.25, -0.2) is 14.4 Å². The van der Waals surface area contributed by atoms with Gasteiger partial charge < -0.3 is 31.3 Å². The largest absolute Gasteiger partial charge is 0.478 e. The fourth-order valence-electron chi connectivity index (χ4n) is 4.04. The van der Waals surface area contributed by atoms with Crippen molar-refractivity contribution < 1.29 is 29.7 Å². The van der Waals surface area contributed by atoms with Gasteiger partial charge in [0.1, 0.15) is 0 Å². The summed E-state index contributed by atoms with van der Waals surface area (Å²) >= 11 is 0. The third-order valence-electron chi connectivity index (χ3n) is 6.40. The zero-order chi connectivity index (χ0) is 28.7. The molecule has 10 heteroatoms. The highest BCUT2D eigenvalue weighted by Gasteiger charge is 2.07. The summed E-state index contributed by atoms with van der Waals surface area (Å²) < 4.78 is 0. The van der Waals surface area contributed by atoms with Gasteiger partial charge >= 0.3 is 17.9 Å². The Hall–Kier alpha value is -4.09. The van der Waals surface area contributed by atoms with Gasteiger partial charge in [0.2, 0.25) is 0 Å². The number of carboxylic acids is 3. The van der Waals surface area contributed by atoms with Gasteiger partial charge in [-0.3, -0.25) is 4.90 Å². The minimum absolute atomic E-state index is 0.269. The molecular weight excluding hydrogens is 512 g/mol. The summed E-state index contributed by atoms with van der Waals surface area (Å²) in [5, 5.41) is 37.4. The second-order valence-electron chi connectivity index (χ2n) is 9.38. The average Bonchev–Trinajstić information content (AvgIpc) is 2.95. The van der Waals surface area contributed by atoms with Gasteiger partial charge in [0.05, 0.1) is 16.7 Å². The molecule has 0 aliphatic rings. The van der Waals surface area contributed by atoms with Crippen molar-refractivity contribution in [3.05, 3.63) is 106 Å². The van der Waals surface area contributed by atoms with E-state index in [0.717, 1.165) is 56.0 Å². The monoisotopic (exact) mass is 548 g/mol. The standard InChI is InChI=1S/C30H36N4O6/c35-28(36)25-7-1-22(2-8-25)19-31-13-16-34(17-14-32-20-23-3-9-26(10-4-23)29(37)38)18-15-33-21-24-5-11-27(12-6-24)30(39)40/h1-12,31-33H,13-21H2,(H,35,36)(H,37,38)(H,39,40). The Balaban J connectivity index is 1.43. The fourth-order valence-corrected chi connectivity index (χ4v) is 4.04. The molecule has 6 N–H and O–H groups in total. The van der Waals surface area contributed by atoms with E-state index in [2.05, 4.69) is 20.9 Å². The first-order valence-electron chi connectivity index (χ1n) is 13.1. The first-order valence-corrected chi connectivity index (χ1v) is 13.1. The maximum atomic E-state index is 11.0. The molecule has 3 aromatic carbocycles. The maximum Gasteiger partial charge on any atom is 0.335 e. The van der Waals surface area contributed by atoms with E-state index in [-0.39, 0.29) is 16.7 Å². The molecule has 0 aliphatic carbocycles. The SMILES string of the molecule is O=C(O)c1ccc(CNCCN(CCNCc2ccc(C(=O)O)cc2)CCNCc2ccc(C(=O)O)cc2)cc1. The molecule has 40 heavy (non-hydrogen) atoms. The van der Waals surface area contributed by atoms with Gasteiger partial charge in [0.15, 0.2) is 0 Å². The summed E-state index contributed by atoms with van der Waals surface area (Å²) in [6.07, 6.45) is 0. The molecule has 0 atom stereocenters. The molecule has 0 heterocycles. The molecule has 0 saturated carbocycles. The van der Waals surface area contributed by atoms with Crippen LogP contribution in [0, 0.1) is 0 Å². The summed E-state index contributed by atoms with van der Waals surface area (Å²) in [5.74, 6) is -2.81. The van der Waals surface area contributed by atoms with E-state index in [1.165, 1.54) is 0 Å². The van der Waals surface area contributed by atoms with Crippen molar-refractivity contribution in [1.82, 2.24) is 20.9 Å². The first-order chi connectivity index (χ1) is 19.3. The quantitative estimate of drug-likeness (QED) is 0.131. The maximum absolute atomic E-state index is 11.0. The lowest BCUT2D eigenvalue weighted by molar-refractivity contribution is 0.0686. The van der Waals surface area contributed by atoms with E-state index in [9.17, 15) is 14.4 Å². The number of benzene rings is 3. The Morgan fingerprint density at radius 2 is 0.725 bits per heavy atom. The second kappa shape index (κ2) is 16.1. The number of aromatic carboxylic acids is 3. The predicted octanol–water partition coefficient (Wildman–Crippen LogP) is 2.75. The topological polar surface area (TPSA) is 151 Å². The average molecular weight is 549 g/mol. The van der Waals surface area contributed by atoms with E-state index in [1.54, 1.807) is 36.4 Å².